The molecule has 0 aromatic heterocycles. The minimum Gasteiger partial charge on any atom is -0.496 e. The largest absolute Gasteiger partial charge is 0.496 e. The lowest BCUT2D eigenvalue weighted by Crippen LogP contribution is -2.35. The maximum absolute atomic E-state index is 12.5. The number of methoxy groups -OCH3 is 2. The summed E-state index contributed by atoms with van der Waals surface area (Å²) in [6.45, 7) is 3.80. The normalized spacial score (nSPS) is 16.0. The van der Waals surface area contributed by atoms with Gasteiger partial charge in [0.25, 0.3) is 0 Å². The van der Waals surface area contributed by atoms with E-state index in [1.54, 1.807) is 20.3 Å². The minimum atomic E-state index is -0.186. The van der Waals surface area contributed by atoms with Gasteiger partial charge in [0, 0.05) is 11.6 Å². The summed E-state index contributed by atoms with van der Waals surface area (Å²) < 4.78 is 10.6. The van der Waals surface area contributed by atoms with Gasteiger partial charge in [0.2, 0.25) is 0 Å². The summed E-state index contributed by atoms with van der Waals surface area (Å²) in [6.07, 6.45) is 2.33. The highest BCUT2D eigenvalue weighted by Gasteiger charge is 2.28. The van der Waals surface area contributed by atoms with E-state index in [-0.39, 0.29) is 11.8 Å². The molecule has 1 atom stereocenters. The first-order valence-corrected chi connectivity index (χ1v) is 6.60. The van der Waals surface area contributed by atoms with Crippen LogP contribution in [0.15, 0.2) is 12.1 Å². The average molecular weight is 263 g/mol. The molecule has 1 aliphatic carbocycles. The Hall–Kier alpha value is -1.55. The van der Waals surface area contributed by atoms with Crippen LogP contribution in [0.1, 0.15) is 35.7 Å². The quantitative estimate of drug-likeness (QED) is 0.800. The fourth-order valence-corrected chi connectivity index (χ4v) is 2.26. The highest BCUT2D eigenvalue weighted by atomic mass is 16.5. The van der Waals surface area contributed by atoms with Crippen LogP contribution in [-0.4, -0.2) is 32.1 Å². The van der Waals surface area contributed by atoms with E-state index in [2.05, 4.69) is 5.32 Å². The van der Waals surface area contributed by atoms with E-state index in [0.29, 0.717) is 17.4 Å². The molecular weight excluding hydrogens is 242 g/mol. The van der Waals surface area contributed by atoms with E-state index in [1.807, 2.05) is 19.9 Å². The summed E-state index contributed by atoms with van der Waals surface area (Å²) in [7, 11) is 3.19. The number of nitrogens with one attached hydrogen (secondary N) is 1. The Bertz CT molecular complexity index is 481. The third kappa shape index (κ3) is 2.89. The van der Waals surface area contributed by atoms with Gasteiger partial charge in [-0.05, 0) is 38.8 Å². The molecule has 1 N–H and O–H groups in total. The number of Topliss-reactive ketones (excluding diaryl/α,β-unsaturated/α-hetero) is 1. The molecule has 4 nitrogen and oxygen atoms in total. The summed E-state index contributed by atoms with van der Waals surface area (Å²) in [4.78, 5) is 12.5. The molecule has 2 rings (SSSR count). The van der Waals surface area contributed by atoms with Gasteiger partial charge in [0.1, 0.15) is 11.5 Å². The van der Waals surface area contributed by atoms with Gasteiger partial charge in [-0.3, -0.25) is 4.79 Å². The zero-order chi connectivity index (χ0) is 14.0. The number of benzene rings is 1. The number of hydrogen-bond donors (Lipinski definition) is 1. The first-order valence-electron chi connectivity index (χ1n) is 6.60. The maximum Gasteiger partial charge on any atom is 0.183 e. The van der Waals surface area contributed by atoms with Crippen LogP contribution in [0.25, 0.3) is 0 Å². The van der Waals surface area contributed by atoms with Crippen molar-refractivity contribution in [3.63, 3.8) is 0 Å². The Morgan fingerprint density at radius 3 is 2.53 bits per heavy atom. The first-order chi connectivity index (χ1) is 9.08. The first kappa shape index (κ1) is 13.9. The van der Waals surface area contributed by atoms with Crippen LogP contribution in [0.5, 0.6) is 11.5 Å². The molecule has 1 unspecified atom stereocenters. The number of ether oxygens (including phenoxy) is 2. The van der Waals surface area contributed by atoms with E-state index in [1.165, 1.54) is 0 Å². The Kier molecular flexibility index (Phi) is 4.10. The van der Waals surface area contributed by atoms with Crippen LogP contribution in [0.3, 0.4) is 0 Å². The van der Waals surface area contributed by atoms with Gasteiger partial charge < -0.3 is 14.8 Å². The molecule has 1 aliphatic rings. The molecule has 0 radical (unpaired) electrons. The molecule has 1 aromatic rings. The Morgan fingerprint density at radius 2 is 2.00 bits per heavy atom. The summed E-state index contributed by atoms with van der Waals surface area (Å²) >= 11 is 0. The summed E-state index contributed by atoms with van der Waals surface area (Å²) in [5.74, 6) is 1.40. The van der Waals surface area contributed by atoms with Gasteiger partial charge in [0.15, 0.2) is 5.78 Å². The topological polar surface area (TPSA) is 47.6 Å². The fraction of sp³-hybridized carbons (Fsp3) is 0.533. The molecule has 0 amide bonds. The average Bonchev–Trinajstić information content (AvgIpc) is 3.21. The Labute approximate surface area is 114 Å². The molecule has 1 aromatic carbocycles. The summed E-state index contributed by atoms with van der Waals surface area (Å²) in [5, 5.41) is 3.32. The minimum absolute atomic E-state index is 0.0644. The van der Waals surface area contributed by atoms with Crippen LogP contribution in [-0.2, 0) is 0 Å². The van der Waals surface area contributed by atoms with Crippen LogP contribution in [0, 0.1) is 6.92 Å². The Morgan fingerprint density at radius 1 is 1.32 bits per heavy atom. The lowest BCUT2D eigenvalue weighted by atomic mass is 10.0. The molecule has 1 fully saturated rings. The molecule has 0 saturated heterocycles. The number of carbonyl (C=O) groups excluding carboxylic acids is 1. The highest BCUT2D eigenvalue weighted by Crippen LogP contribution is 2.32. The predicted molar refractivity (Wildman–Crippen MR) is 74.2 cm³/mol. The van der Waals surface area contributed by atoms with Gasteiger partial charge in [-0.25, -0.2) is 0 Å². The second kappa shape index (κ2) is 5.61. The van der Waals surface area contributed by atoms with Gasteiger partial charge in [-0.2, -0.15) is 0 Å². The molecule has 0 bridgehead atoms. The third-order valence-corrected chi connectivity index (χ3v) is 3.50. The van der Waals surface area contributed by atoms with Crippen LogP contribution >= 0.6 is 0 Å². The second-order valence-electron chi connectivity index (χ2n) is 5.00. The van der Waals surface area contributed by atoms with Crippen molar-refractivity contribution in [2.75, 3.05) is 14.2 Å². The lowest BCUT2D eigenvalue weighted by molar-refractivity contribution is 0.0947. The van der Waals surface area contributed by atoms with Crippen LogP contribution in [0.4, 0.5) is 0 Å². The summed E-state index contributed by atoms with van der Waals surface area (Å²) in [6, 6.07) is 3.91. The van der Waals surface area contributed by atoms with E-state index in [0.717, 1.165) is 24.2 Å². The SMILES string of the molecule is COc1ccc(C(=O)C(C)NC2CC2)c(OC)c1C. The van der Waals surface area contributed by atoms with E-state index < -0.39 is 0 Å². The predicted octanol–water partition coefficient (Wildman–Crippen LogP) is 2.34. The van der Waals surface area contributed by atoms with Crippen molar-refractivity contribution >= 4 is 5.78 Å². The zero-order valence-electron chi connectivity index (χ0n) is 11.9. The molecule has 0 aliphatic heterocycles. The Balaban J connectivity index is 2.27. The van der Waals surface area contributed by atoms with Crippen molar-refractivity contribution in [2.45, 2.75) is 38.8 Å². The van der Waals surface area contributed by atoms with E-state index in [4.69, 9.17) is 9.47 Å². The number of carbonyl (C=O) groups is 1. The third-order valence-electron chi connectivity index (χ3n) is 3.50. The van der Waals surface area contributed by atoms with Crippen molar-refractivity contribution < 1.29 is 14.3 Å². The highest BCUT2D eigenvalue weighted by molar-refractivity contribution is 6.02. The molecule has 0 heterocycles. The smallest absolute Gasteiger partial charge is 0.183 e. The summed E-state index contributed by atoms with van der Waals surface area (Å²) in [5.41, 5.74) is 1.47. The number of rotatable bonds is 6. The van der Waals surface area contributed by atoms with Gasteiger partial charge in [-0.15, -0.1) is 0 Å². The van der Waals surface area contributed by atoms with Crippen molar-refractivity contribution in [3.05, 3.63) is 23.3 Å². The zero-order valence-corrected chi connectivity index (χ0v) is 11.9. The van der Waals surface area contributed by atoms with Crippen molar-refractivity contribution in [2.24, 2.45) is 0 Å². The van der Waals surface area contributed by atoms with Gasteiger partial charge in [0.05, 0.1) is 25.8 Å². The molecular formula is C15H21NO3. The number of hydrogen-bond acceptors (Lipinski definition) is 4. The molecule has 0 spiro atoms. The standard InChI is InChI=1S/C15H21NO3/c1-9-13(18-3)8-7-12(15(9)19-4)14(17)10(2)16-11-5-6-11/h7-8,10-11,16H,5-6H2,1-4H3. The van der Waals surface area contributed by atoms with Gasteiger partial charge >= 0.3 is 0 Å². The van der Waals surface area contributed by atoms with Crippen molar-refractivity contribution in [1.29, 1.82) is 0 Å². The van der Waals surface area contributed by atoms with Gasteiger partial charge in [-0.1, -0.05) is 0 Å². The number of ketones is 1. The van der Waals surface area contributed by atoms with E-state index >= 15 is 0 Å². The molecule has 104 valence electrons. The van der Waals surface area contributed by atoms with Crippen LogP contribution in [0.2, 0.25) is 0 Å². The molecule has 1 saturated carbocycles. The maximum atomic E-state index is 12.5. The second-order valence-corrected chi connectivity index (χ2v) is 5.00. The van der Waals surface area contributed by atoms with Crippen molar-refractivity contribution in [1.82, 2.24) is 5.32 Å². The molecule has 4 heteroatoms. The van der Waals surface area contributed by atoms with E-state index in [9.17, 15) is 4.79 Å². The van der Waals surface area contributed by atoms with Crippen molar-refractivity contribution in [3.8, 4) is 11.5 Å². The fourth-order valence-electron chi connectivity index (χ4n) is 2.26. The molecule has 19 heavy (non-hydrogen) atoms. The van der Waals surface area contributed by atoms with Crippen LogP contribution < -0.4 is 14.8 Å². The monoisotopic (exact) mass is 263 g/mol. The lowest BCUT2D eigenvalue weighted by Gasteiger charge is -2.17.